The van der Waals surface area contributed by atoms with Crippen LogP contribution in [-0.2, 0) is 0 Å². The fraction of sp³-hybridized carbons (Fsp3) is 0.0714. The Labute approximate surface area is 124 Å². The molecule has 1 aromatic heterocycles. The zero-order chi connectivity index (χ0) is 15.7. The van der Waals surface area contributed by atoms with Gasteiger partial charge in [0, 0.05) is 12.1 Å². The van der Waals surface area contributed by atoms with Crippen LogP contribution in [0, 0.1) is 17.0 Å². The normalized spacial score (nSPS) is 10.6. The first kappa shape index (κ1) is 13.7. The summed E-state index contributed by atoms with van der Waals surface area (Å²) in [5, 5.41) is 18.3. The first-order chi connectivity index (χ1) is 10.6. The molecule has 0 aliphatic carbocycles. The van der Waals surface area contributed by atoms with Gasteiger partial charge in [0.15, 0.2) is 0 Å². The summed E-state index contributed by atoms with van der Waals surface area (Å²) in [5.41, 5.74) is 1.64. The number of hydrogen-bond acceptors (Lipinski definition) is 6. The molecule has 2 aromatic carbocycles. The van der Waals surface area contributed by atoms with Crippen molar-refractivity contribution in [2.24, 2.45) is 0 Å². The van der Waals surface area contributed by atoms with Crippen LogP contribution in [0.5, 0.6) is 0 Å². The molecular formula is C14H10N4O4. The topological polar surface area (TPSA) is 100 Å². The summed E-state index contributed by atoms with van der Waals surface area (Å²) in [6.07, 6.45) is 0. The summed E-state index contributed by atoms with van der Waals surface area (Å²) in [6.45, 7) is 1.78. The van der Waals surface area contributed by atoms with Gasteiger partial charge in [0.1, 0.15) is 11.0 Å². The average Bonchev–Trinajstić information content (AvgIpc) is 2.90. The van der Waals surface area contributed by atoms with Crippen LogP contribution in [-0.4, -0.2) is 26.0 Å². The lowest BCUT2D eigenvalue weighted by molar-refractivity contribution is -0.384. The van der Waals surface area contributed by atoms with E-state index in [1.165, 1.54) is 18.2 Å². The van der Waals surface area contributed by atoms with Crippen LogP contribution in [0.15, 0.2) is 42.5 Å². The van der Waals surface area contributed by atoms with Crippen molar-refractivity contribution in [2.75, 3.05) is 0 Å². The predicted octanol–water partition coefficient (Wildman–Crippen LogP) is 1.92. The Morgan fingerprint density at radius 2 is 2.05 bits per heavy atom. The molecule has 0 radical (unpaired) electrons. The van der Waals surface area contributed by atoms with Gasteiger partial charge < -0.3 is 4.84 Å². The number of nitrogens with zero attached hydrogens (tertiary/aromatic N) is 4. The molecule has 0 saturated heterocycles. The Kier molecular flexibility index (Phi) is 3.26. The van der Waals surface area contributed by atoms with E-state index in [2.05, 4.69) is 10.3 Å². The van der Waals surface area contributed by atoms with Crippen molar-refractivity contribution in [2.45, 2.75) is 6.92 Å². The first-order valence-corrected chi connectivity index (χ1v) is 6.34. The van der Waals surface area contributed by atoms with E-state index in [4.69, 9.17) is 4.84 Å². The smallest absolute Gasteiger partial charge is 0.312 e. The summed E-state index contributed by atoms with van der Waals surface area (Å²) >= 11 is 0. The van der Waals surface area contributed by atoms with Gasteiger partial charge in [0.05, 0.1) is 10.5 Å². The number of aryl methyl sites for hydroxylation is 1. The first-order valence-electron chi connectivity index (χ1n) is 6.34. The lowest BCUT2D eigenvalue weighted by atomic mass is 10.1. The molecule has 1 heterocycles. The number of fused-ring (bicyclic) bond motifs is 1. The molecule has 3 aromatic rings. The van der Waals surface area contributed by atoms with Crippen molar-refractivity contribution >= 4 is 22.7 Å². The van der Waals surface area contributed by atoms with Crippen LogP contribution in [0.2, 0.25) is 0 Å². The molecule has 0 N–H and O–H groups in total. The predicted molar refractivity (Wildman–Crippen MR) is 76.3 cm³/mol. The standard InChI is InChI=1S/C14H10N4O4/c1-9-4-2-3-5-11(9)14(19)22-17-13-8-10(18(20)21)6-7-12(13)15-16-17/h2-8H,1H3. The van der Waals surface area contributed by atoms with Crippen LogP contribution < -0.4 is 4.84 Å². The molecule has 0 saturated carbocycles. The monoisotopic (exact) mass is 298 g/mol. The summed E-state index contributed by atoms with van der Waals surface area (Å²) in [5.74, 6) is -0.614. The maximum Gasteiger partial charge on any atom is 0.366 e. The highest BCUT2D eigenvalue weighted by molar-refractivity contribution is 5.91. The van der Waals surface area contributed by atoms with Crippen molar-refractivity contribution in [1.82, 2.24) is 15.2 Å². The number of non-ortho nitro benzene ring substituents is 1. The number of rotatable bonds is 3. The maximum atomic E-state index is 12.2. The van der Waals surface area contributed by atoms with Gasteiger partial charge >= 0.3 is 5.97 Å². The molecule has 3 rings (SSSR count). The highest BCUT2D eigenvalue weighted by Gasteiger charge is 2.16. The summed E-state index contributed by atoms with van der Waals surface area (Å²) < 4.78 is 0. The SMILES string of the molecule is Cc1ccccc1C(=O)On1nnc2ccc([N+](=O)[O-])cc21. The van der Waals surface area contributed by atoms with Gasteiger partial charge in [-0.3, -0.25) is 10.1 Å². The third-order valence-corrected chi connectivity index (χ3v) is 3.14. The van der Waals surface area contributed by atoms with Gasteiger partial charge in [-0.1, -0.05) is 23.0 Å². The number of aromatic nitrogens is 3. The Balaban J connectivity index is 1.97. The molecule has 22 heavy (non-hydrogen) atoms. The van der Waals surface area contributed by atoms with Gasteiger partial charge in [0.25, 0.3) is 5.69 Å². The second kappa shape index (κ2) is 5.24. The number of nitro benzene ring substituents is 1. The van der Waals surface area contributed by atoms with Crippen molar-refractivity contribution in [3.05, 3.63) is 63.7 Å². The minimum Gasteiger partial charge on any atom is -0.312 e. The molecule has 0 fully saturated rings. The summed E-state index contributed by atoms with van der Waals surface area (Å²) in [6, 6.07) is 10.9. The van der Waals surface area contributed by atoms with Crippen LogP contribution >= 0.6 is 0 Å². The highest BCUT2D eigenvalue weighted by Crippen LogP contribution is 2.18. The largest absolute Gasteiger partial charge is 0.366 e. The summed E-state index contributed by atoms with van der Waals surface area (Å²) in [4.78, 5) is 28.5. The molecule has 8 heteroatoms. The molecule has 0 bridgehead atoms. The second-order valence-corrected chi connectivity index (χ2v) is 4.59. The fourth-order valence-corrected chi connectivity index (χ4v) is 2.00. The van der Waals surface area contributed by atoms with E-state index in [1.807, 2.05) is 0 Å². The number of nitro groups is 1. The molecule has 0 atom stereocenters. The van der Waals surface area contributed by atoms with E-state index in [0.29, 0.717) is 11.1 Å². The van der Waals surface area contributed by atoms with Crippen molar-refractivity contribution < 1.29 is 14.6 Å². The third kappa shape index (κ3) is 2.37. The molecule has 0 amide bonds. The van der Waals surface area contributed by atoms with E-state index in [9.17, 15) is 14.9 Å². The molecule has 0 spiro atoms. The van der Waals surface area contributed by atoms with Crippen LogP contribution in [0.25, 0.3) is 11.0 Å². The zero-order valence-electron chi connectivity index (χ0n) is 11.5. The molecule has 110 valence electrons. The Hall–Kier alpha value is -3.29. The third-order valence-electron chi connectivity index (χ3n) is 3.14. The van der Waals surface area contributed by atoms with Crippen LogP contribution in [0.1, 0.15) is 15.9 Å². The number of benzene rings is 2. The second-order valence-electron chi connectivity index (χ2n) is 4.59. The summed E-state index contributed by atoms with van der Waals surface area (Å²) in [7, 11) is 0. The van der Waals surface area contributed by atoms with Gasteiger partial charge in [-0.2, -0.15) is 0 Å². The number of carbonyl (C=O) groups is 1. The van der Waals surface area contributed by atoms with Gasteiger partial charge in [-0.25, -0.2) is 4.79 Å². The molecule has 8 nitrogen and oxygen atoms in total. The molecular weight excluding hydrogens is 288 g/mol. The average molecular weight is 298 g/mol. The maximum absolute atomic E-state index is 12.2. The minimum absolute atomic E-state index is 0.136. The van der Waals surface area contributed by atoms with E-state index in [1.54, 1.807) is 31.2 Å². The molecule has 0 aliphatic rings. The van der Waals surface area contributed by atoms with Crippen molar-refractivity contribution in [3.8, 4) is 0 Å². The van der Waals surface area contributed by atoms with E-state index < -0.39 is 10.9 Å². The fourth-order valence-electron chi connectivity index (χ4n) is 2.00. The zero-order valence-corrected chi connectivity index (χ0v) is 11.5. The number of carbonyl (C=O) groups excluding carboxylic acids is 1. The lowest BCUT2D eigenvalue weighted by Gasteiger charge is -2.05. The van der Waals surface area contributed by atoms with E-state index in [-0.39, 0.29) is 11.2 Å². The van der Waals surface area contributed by atoms with Crippen LogP contribution in [0.3, 0.4) is 0 Å². The molecule has 0 unspecified atom stereocenters. The Bertz CT molecular complexity index is 887. The Morgan fingerprint density at radius 1 is 1.27 bits per heavy atom. The van der Waals surface area contributed by atoms with Crippen LogP contribution in [0.4, 0.5) is 5.69 Å². The van der Waals surface area contributed by atoms with Gasteiger partial charge in [-0.15, -0.1) is 5.10 Å². The van der Waals surface area contributed by atoms with Crippen molar-refractivity contribution in [1.29, 1.82) is 0 Å². The Morgan fingerprint density at radius 3 is 2.77 bits per heavy atom. The number of hydrogen-bond donors (Lipinski definition) is 0. The van der Waals surface area contributed by atoms with Gasteiger partial charge in [0.2, 0.25) is 0 Å². The van der Waals surface area contributed by atoms with E-state index in [0.717, 1.165) is 10.4 Å². The highest BCUT2D eigenvalue weighted by atomic mass is 16.7. The van der Waals surface area contributed by atoms with Gasteiger partial charge in [-0.05, 0) is 29.8 Å². The lowest BCUT2D eigenvalue weighted by Crippen LogP contribution is -2.21. The van der Waals surface area contributed by atoms with Crippen molar-refractivity contribution in [3.63, 3.8) is 0 Å². The molecule has 0 aliphatic heterocycles. The quantitative estimate of drug-likeness (QED) is 0.416. The van der Waals surface area contributed by atoms with E-state index >= 15 is 0 Å². The minimum atomic E-state index is -0.614.